The molecular formula is C18H14ClN5O3Ru+3. The third kappa shape index (κ3) is 6.98. The predicted octanol–water partition coefficient (Wildman–Crippen LogP) is -0.121. The fraction of sp³-hybridized carbons (Fsp3) is 0. The first-order valence-electron chi connectivity index (χ1n) is 7.46. The minimum absolute atomic E-state index is 0. The Kier molecular flexibility index (Phi) is 11.8. The molecule has 0 aliphatic heterocycles. The average molecular weight is 485 g/mol. The zero-order chi connectivity index (χ0) is 18.8. The smallest absolute Gasteiger partial charge is 1.00 e. The molecule has 0 fully saturated rings. The largest absolute Gasteiger partial charge is 3.00 e. The zero-order valence-electron chi connectivity index (χ0n) is 14.2. The summed E-state index contributed by atoms with van der Waals surface area (Å²) >= 11 is 0. The van der Waals surface area contributed by atoms with Crippen molar-refractivity contribution < 1.29 is 46.2 Å². The molecule has 0 saturated heterocycles. The quantitative estimate of drug-likeness (QED) is 0.394. The van der Waals surface area contributed by atoms with E-state index < -0.39 is 0 Å². The van der Waals surface area contributed by atoms with Crippen molar-refractivity contribution in [1.29, 1.82) is 5.46 Å². The molecule has 0 saturated carbocycles. The van der Waals surface area contributed by atoms with Gasteiger partial charge in [0.1, 0.15) is 11.4 Å². The Balaban J connectivity index is 0.00000177. The summed E-state index contributed by atoms with van der Waals surface area (Å²) in [6, 6.07) is 17.1. The Bertz CT molecular complexity index is 838. The number of hydrogen-bond donors (Lipinski definition) is 2. The number of halogens is 1. The van der Waals surface area contributed by atoms with Gasteiger partial charge in [-0.1, -0.05) is 24.3 Å². The maximum Gasteiger partial charge on any atom is 3.00 e. The van der Waals surface area contributed by atoms with Crippen LogP contribution in [0.15, 0.2) is 73.1 Å². The van der Waals surface area contributed by atoms with Gasteiger partial charge < -0.3 is 23.0 Å². The number of anilines is 2. The molecule has 2 aromatic heterocycles. The number of rotatable bonds is 4. The second-order valence-electron chi connectivity index (χ2n) is 4.88. The maximum atomic E-state index is 12.2. The van der Waals surface area contributed by atoms with Crippen LogP contribution < -0.4 is 23.0 Å². The molecule has 3 aromatic rings. The van der Waals surface area contributed by atoms with Crippen LogP contribution in [0.5, 0.6) is 0 Å². The number of aromatic nitrogens is 2. The number of pyridine rings is 2. The topological polar surface area (TPSA) is 128 Å². The Morgan fingerprint density at radius 3 is 1.39 bits per heavy atom. The number of para-hydroxylation sites is 2. The predicted molar refractivity (Wildman–Crippen MR) is 93.2 cm³/mol. The average Bonchev–Trinajstić information content (AvgIpc) is 2.72. The van der Waals surface area contributed by atoms with Crippen LogP contribution in [0.25, 0.3) is 0 Å². The van der Waals surface area contributed by atoms with E-state index in [1.807, 2.05) is 0 Å². The molecule has 2 heterocycles. The van der Waals surface area contributed by atoms with E-state index in [1.54, 1.807) is 73.1 Å². The molecule has 0 atom stereocenters. The monoisotopic (exact) mass is 485 g/mol. The van der Waals surface area contributed by atoms with E-state index in [0.29, 0.717) is 22.8 Å². The SMILES string of the molecule is N#[O+].O=C(Nc1ccccc1NC(=O)c1ccccn1)c1ccccn1.[Cl-].[Ru+3]. The minimum Gasteiger partial charge on any atom is -1.00 e. The van der Waals surface area contributed by atoms with Crippen LogP contribution in [0.2, 0.25) is 0 Å². The fourth-order valence-corrected chi connectivity index (χ4v) is 2.07. The fourth-order valence-electron chi connectivity index (χ4n) is 2.07. The van der Waals surface area contributed by atoms with Crippen LogP contribution in [-0.2, 0) is 24.3 Å². The first-order chi connectivity index (χ1) is 12.7. The van der Waals surface area contributed by atoms with Crippen LogP contribution in [0.4, 0.5) is 11.4 Å². The van der Waals surface area contributed by atoms with E-state index in [4.69, 9.17) is 10.2 Å². The summed E-state index contributed by atoms with van der Waals surface area (Å²) < 4.78 is 7.25. The van der Waals surface area contributed by atoms with Gasteiger partial charge in [-0.2, -0.15) is 0 Å². The number of amides is 2. The van der Waals surface area contributed by atoms with Crippen LogP contribution in [-0.4, -0.2) is 21.8 Å². The van der Waals surface area contributed by atoms with Crippen molar-refractivity contribution >= 4 is 23.2 Å². The van der Waals surface area contributed by atoms with E-state index in [9.17, 15) is 9.59 Å². The second kappa shape index (κ2) is 13.2. The van der Waals surface area contributed by atoms with Crippen LogP contribution >= 0.6 is 0 Å². The summed E-state index contributed by atoms with van der Waals surface area (Å²) in [4.78, 5) is 32.5. The van der Waals surface area contributed by atoms with Crippen LogP contribution in [0.1, 0.15) is 21.0 Å². The first kappa shape index (κ1) is 25.0. The first-order valence-corrected chi connectivity index (χ1v) is 7.46. The molecule has 1 aromatic carbocycles. The summed E-state index contributed by atoms with van der Waals surface area (Å²) in [5.74, 6) is -0.703. The number of carbonyl (C=O) groups excluding carboxylic acids is 2. The zero-order valence-corrected chi connectivity index (χ0v) is 16.7. The van der Waals surface area contributed by atoms with Gasteiger partial charge in [-0.15, -0.1) is 0 Å². The second-order valence-corrected chi connectivity index (χ2v) is 4.88. The Labute approximate surface area is 179 Å². The number of hydrogen-bond acceptors (Lipinski definition) is 5. The van der Waals surface area contributed by atoms with Gasteiger partial charge >= 0.3 is 29.7 Å². The van der Waals surface area contributed by atoms with Crippen molar-refractivity contribution in [3.05, 3.63) is 84.4 Å². The molecule has 0 aliphatic carbocycles. The van der Waals surface area contributed by atoms with E-state index in [2.05, 4.69) is 20.6 Å². The Morgan fingerprint density at radius 2 is 1.07 bits per heavy atom. The molecule has 2 amide bonds. The van der Waals surface area contributed by atoms with Crippen molar-refractivity contribution in [2.75, 3.05) is 10.6 Å². The molecule has 8 nitrogen and oxygen atoms in total. The van der Waals surface area contributed by atoms with Gasteiger partial charge in [0.05, 0.1) is 11.4 Å². The van der Waals surface area contributed by atoms with Gasteiger partial charge in [-0.25, -0.2) is 0 Å². The van der Waals surface area contributed by atoms with Crippen molar-refractivity contribution in [1.82, 2.24) is 9.97 Å². The van der Waals surface area contributed by atoms with Crippen molar-refractivity contribution in [3.63, 3.8) is 0 Å². The molecule has 0 aliphatic rings. The molecule has 2 N–H and O–H groups in total. The van der Waals surface area contributed by atoms with Crippen molar-refractivity contribution in [3.8, 4) is 0 Å². The molecule has 1 radical (unpaired) electrons. The Hall–Kier alpha value is -2.96. The van der Waals surface area contributed by atoms with Gasteiger partial charge in [0, 0.05) is 12.4 Å². The van der Waals surface area contributed by atoms with Crippen LogP contribution in [0, 0.1) is 5.46 Å². The van der Waals surface area contributed by atoms with E-state index in [1.165, 1.54) is 0 Å². The van der Waals surface area contributed by atoms with Gasteiger partial charge in [-0.05, 0) is 36.4 Å². The maximum absolute atomic E-state index is 12.2. The Morgan fingerprint density at radius 1 is 0.714 bits per heavy atom. The molecule has 28 heavy (non-hydrogen) atoms. The molecule has 3 rings (SSSR count). The summed E-state index contributed by atoms with van der Waals surface area (Å²) in [7, 11) is 0. The summed E-state index contributed by atoms with van der Waals surface area (Å²) in [5, 5.41) is 5.49. The van der Waals surface area contributed by atoms with Gasteiger partial charge in [0.15, 0.2) is 0 Å². The van der Waals surface area contributed by atoms with Gasteiger partial charge in [0.25, 0.3) is 11.8 Å². The molecule has 0 bridgehead atoms. The third-order valence-electron chi connectivity index (χ3n) is 3.22. The number of nitrogens with one attached hydrogen (secondary N) is 2. The summed E-state index contributed by atoms with van der Waals surface area (Å²) in [5.41, 5.74) is 7.31. The number of benzene rings is 1. The number of nitrogens with zero attached hydrogens (tertiary/aromatic N) is 3. The van der Waals surface area contributed by atoms with Crippen molar-refractivity contribution in [2.24, 2.45) is 0 Å². The molecule has 10 heteroatoms. The molecule has 0 spiro atoms. The third-order valence-corrected chi connectivity index (χ3v) is 3.22. The minimum atomic E-state index is -0.352. The summed E-state index contributed by atoms with van der Waals surface area (Å²) in [6.45, 7) is 0. The van der Waals surface area contributed by atoms with Crippen LogP contribution in [0.3, 0.4) is 0 Å². The summed E-state index contributed by atoms with van der Waals surface area (Å²) in [6.07, 6.45) is 3.09. The molecule has 0 unspecified atom stereocenters. The number of carbonyl (C=O) groups is 2. The van der Waals surface area contributed by atoms with E-state index >= 15 is 0 Å². The van der Waals surface area contributed by atoms with Gasteiger partial charge in [-0.3, -0.25) is 19.6 Å². The standard InChI is InChI=1S/C18H14N4O2.ClH.NO.Ru/c23-17(15-9-3-5-11-19-15)21-13-7-1-2-8-14(13)22-18(24)16-10-4-6-12-20-16;;1-2;/h1-12H,(H,21,23)(H,22,24);1H;;/q;;+1;+3/p-1. The molecule has 141 valence electrons. The normalized spacial score (nSPS) is 8.64. The van der Waals surface area contributed by atoms with Crippen molar-refractivity contribution in [2.45, 2.75) is 0 Å². The molecular weight excluding hydrogens is 471 g/mol. The van der Waals surface area contributed by atoms with E-state index in [-0.39, 0.29) is 43.7 Å². The van der Waals surface area contributed by atoms with Gasteiger partial charge in [0.2, 0.25) is 0 Å². The van der Waals surface area contributed by atoms with E-state index in [0.717, 1.165) is 0 Å².